The summed E-state index contributed by atoms with van der Waals surface area (Å²) in [5, 5.41) is 14.5. The van der Waals surface area contributed by atoms with E-state index in [1.54, 1.807) is 0 Å². The Labute approximate surface area is 117 Å². The van der Waals surface area contributed by atoms with E-state index in [1.807, 2.05) is 42.5 Å². The highest BCUT2D eigenvalue weighted by molar-refractivity contribution is 5.82. The van der Waals surface area contributed by atoms with Crippen molar-refractivity contribution < 1.29 is 14.7 Å². The van der Waals surface area contributed by atoms with Crippen molar-refractivity contribution in [1.29, 1.82) is 0 Å². The van der Waals surface area contributed by atoms with Crippen LogP contribution in [0.4, 0.5) is 4.79 Å². The van der Waals surface area contributed by atoms with Crippen LogP contribution in [0.25, 0.3) is 0 Å². The maximum absolute atomic E-state index is 11.8. The van der Waals surface area contributed by atoms with Crippen LogP contribution in [-0.4, -0.2) is 29.2 Å². The smallest absolute Gasteiger partial charge is 0.326 e. The normalized spacial score (nSPS) is 15.8. The summed E-state index contributed by atoms with van der Waals surface area (Å²) in [6.45, 7) is 0. The number of rotatable bonds is 5. The lowest BCUT2D eigenvalue weighted by atomic mass is 10.1. The van der Waals surface area contributed by atoms with E-state index in [-0.39, 0.29) is 12.5 Å². The van der Waals surface area contributed by atoms with Gasteiger partial charge in [-0.05, 0) is 18.4 Å². The van der Waals surface area contributed by atoms with E-state index in [4.69, 9.17) is 0 Å². The van der Waals surface area contributed by atoms with Gasteiger partial charge in [0.1, 0.15) is 6.04 Å². The molecule has 0 unspecified atom stereocenters. The molecule has 2 amide bonds. The largest absolute Gasteiger partial charge is 0.480 e. The number of carbonyl (C=O) groups excluding carboxylic acids is 1. The van der Waals surface area contributed by atoms with E-state index in [0.717, 1.165) is 18.4 Å². The lowest BCUT2D eigenvalue weighted by Crippen LogP contribution is -2.49. The molecule has 2 rings (SSSR count). The predicted molar refractivity (Wildman–Crippen MR) is 75.4 cm³/mol. The molecule has 1 aromatic rings. The van der Waals surface area contributed by atoms with Gasteiger partial charge in [0.25, 0.3) is 0 Å². The van der Waals surface area contributed by atoms with Gasteiger partial charge in [-0.3, -0.25) is 0 Å². The van der Waals surface area contributed by atoms with Crippen molar-refractivity contribution in [2.24, 2.45) is 0 Å². The first-order valence-corrected chi connectivity index (χ1v) is 6.64. The predicted octanol–water partition coefficient (Wildman–Crippen LogP) is 1.70. The molecule has 3 N–H and O–H groups in total. The summed E-state index contributed by atoms with van der Waals surface area (Å²) in [6.07, 6.45) is 5.87. The fourth-order valence-corrected chi connectivity index (χ4v) is 2.17. The van der Waals surface area contributed by atoms with Crippen LogP contribution in [0.15, 0.2) is 42.5 Å². The second-order valence-corrected chi connectivity index (χ2v) is 4.84. The van der Waals surface area contributed by atoms with Crippen molar-refractivity contribution in [2.75, 3.05) is 0 Å². The van der Waals surface area contributed by atoms with E-state index < -0.39 is 18.0 Å². The van der Waals surface area contributed by atoms with Crippen molar-refractivity contribution in [3.05, 3.63) is 48.0 Å². The molecule has 106 valence electrons. The Balaban J connectivity index is 1.88. The highest BCUT2D eigenvalue weighted by Gasteiger charge is 2.22. The number of amides is 2. The van der Waals surface area contributed by atoms with Gasteiger partial charge in [-0.25, -0.2) is 9.59 Å². The fraction of sp³-hybridized carbons (Fsp3) is 0.333. The Bertz CT molecular complexity index is 491. The molecule has 0 aromatic heterocycles. The lowest BCUT2D eigenvalue weighted by molar-refractivity contribution is -0.139. The van der Waals surface area contributed by atoms with Gasteiger partial charge in [-0.1, -0.05) is 42.5 Å². The summed E-state index contributed by atoms with van der Waals surface area (Å²) in [4.78, 5) is 23.0. The fourth-order valence-electron chi connectivity index (χ4n) is 2.17. The Morgan fingerprint density at radius 1 is 1.20 bits per heavy atom. The van der Waals surface area contributed by atoms with Crippen molar-refractivity contribution in [3.63, 3.8) is 0 Å². The van der Waals surface area contributed by atoms with E-state index in [0.29, 0.717) is 0 Å². The number of aliphatic carboxylic acids is 1. The van der Waals surface area contributed by atoms with E-state index in [9.17, 15) is 14.7 Å². The van der Waals surface area contributed by atoms with Crippen molar-refractivity contribution in [3.8, 4) is 0 Å². The molecule has 5 heteroatoms. The monoisotopic (exact) mass is 274 g/mol. The number of hydrogen-bond donors (Lipinski definition) is 3. The Morgan fingerprint density at radius 3 is 2.45 bits per heavy atom. The van der Waals surface area contributed by atoms with Crippen LogP contribution in [-0.2, 0) is 11.2 Å². The van der Waals surface area contributed by atoms with Crippen LogP contribution >= 0.6 is 0 Å². The summed E-state index contributed by atoms with van der Waals surface area (Å²) in [5.74, 6) is -1.03. The first kappa shape index (κ1) is 14.1. The molecular formula is C15H18N2O3. The van der Waals surface area contributed by atoms with Gasteiger partial charge < -0.3 is 15.7 Å². The molecule has 5 nitrogen and oxygen atoms in total. The van der Waals surface area contributed by atoms with Crippen molar-refractivity contribution >= 4 is 12.0 Å². The minimum Gasteiger partial charge on any atom is -0.480 e. The molecule has 0 radical (unpaired) electrons. The quantitative estimate of drug-likeness (QED) is 0.715. The van der Waals surface area contributed by atoms with Crippen molar-refractivity contribution in [1.82, 2.24) is 10.6 Å². The maximum Gasteiger partial charge on any atom is 0.326 e. The zero-order valence-electron chi connectivity index (χ0n) is 11.1. The first-order chi connectivity index (χ1) is 9.65. The third-order valence-corrected chi connectivity index (χ3v) is 3.23. The molecule has 0 aliphatic heterocycles. The molecule has 0 fully saturated rings. The standard InChI is InChI=1S/C15H18N2O3/c18-14(19)13(10-11-6-2-1-3-7-11)17-15(20)16-12-8-4-5-9-12/h1-7,12-13H,8-10H2,(H,18,19)(H2,16,17,20)/t13-/m1/s1. The molecular weight excluding hydrogens is 256 g/mol. The zero-order valence-corrected chi connectivity index (χ0v) is 11.1. The topological polar surface area (TPSA) is 78.4 Å². The van der Waals surface area contributed by atoms with Gasteiger partial charge >= 0.3 is 12.0 Å². The lowest BCUT2D eigenvalue weighted by Gasteiger charge is -2.18. The van der Waals surface area contributed by atoms with E-state index in [2.05, 4.69) is 10.6 Å². The maximum atomic E-state index is 11.8. The summed E-state index contributed by atoms with van der Waals surface area (Å²) in [6, 6.07) is 7.96. The third-order valence-electron chi connectivity index (χ3n) is 3.23. The van der Waals surface area contributed by atoms with Crippen LogP contribution in [0.5, 0.6) is 0 Å². The number of benzene rings is 1. The minimum absolute atomic E-state index is 0.0705. The molecule has 0 saturated carbocycles. The molecule has 0 spiro atoms. The molecule has 1 aromatic carbocycles. The molecule has 20 heavy (non-hydrogen) atoms. The Morgan fingerprint density at radius 2 is 1.85 bits per heavy atom. The Hall–Kier alpha value is -2.30. The summed E-state index contributed by atoms with van der Waals surface area (Å²) in [7, 11) is 0. The van der Waals surface area contributed by atoms with Gasteiger partial charge in [0, 0.05) is 12.5 Å². The van der Waals surface area contributed by atoms with Crippen LogP contribution in [0.3, 0.4) is 0 Å². The highest BCUT2D eigenvalue weighted by atomic mass is 16.4. The number of carboxylic acid groups (broad SMARTS) is 1. The first-order valence-electron chi connectivity index (χ1n) is 6.64. The number of nitrogens with one attached hydrogen (secondary N) is 2. The number of urea groups is 1. The minimum atomic E-state index is -1.03. The van der Waals surface area contributed by atoms with Crippen LogP contribution in [0, 0.1) is 0 Å². The molecule has 0 heterocycles. The van der Waals surface area contributed by atoms with Crippen LogP contribution < -0.4 is 10.6 Å². The SMILES string of the molecule is O=C(NC1CC=CC1)N[C@H](Cc1ccccc1)C(=O)O. The molecule has 1 aliphatic carbocycles. The number of carboxylic acids is 1. The zero-order chi connectivity index (χ0) is 14.4. The number of hydrogen-bond acceptors (Lipinski definition) is 2. The summed E-state index contributed by atoms with van der Waals surface area (Å²) >= 11 is 0. The molecule has 1 aliphatic rings. The van der Waals surface area contributed by atoms with E-state index >= 15 is 0 Å². The van der Waals surface area contributed by atoms with Gasteiger partial charge in [-0.2, -0.15) is 0 Å². The van der Waals surface area contributed by atoms with Gasteiger partial charge in [0.2, 0.25) is 0 Å². The average molecular weight is 274 g/mol. The van der Waals surface area contributed by atoms with Crippen molar-refractivity contribution in [2.45, 2.75) is 31.3 Å². The van der Waals surface area contributed by atoms with Gasteiger partial charge in [0.05, 0.1) is 0 Å². The number of carbonyl (C=O) groups is 2. The van der Waals surface area contributed by atoms with Crippen LogP contribution in [0.1, 0.15) is 18.4 Å². The average Bonchev–Trinajstić information content (AvgIpc) is 2.92. The highest BCUT2D eigenvalue weighted by Crippen LogP contribution is 2.09. The second-order valence-electron chi connectivity index (χ2n) is 4.84. The van der Waals surface area contributed by atoms with Gasteiger partial charge in [-0.15, -0.1) is 0 Å². The molecule has 1 atom stereocenters. The molecule has 0 saturated heterocycles. The van der Waals surface area contributed by atoms with Crippen LogP contribution in [0.2, 0.25) is 0 Å². The van der Waals surface area contributed by atoms with Gasteiger partial charge in [0.15, 0.2) is 0 Å². The van der Waals surface area contributed by atoms with E-state index in [1.165, 1.54) is 0 Å². The Kier molecular flexibility index (Phi) is 4.76. The summed E-state index contributed by atoms with van der Waals surface area (Å²) in [5.41, 5.74) is 0.878. The molecule has 0 bridgehead atoms. The summed E-state index contributed by atoms with van der Waals surface area (Å²) < 4.78 is 0. The third kappa shape index (κ3) is 4.12. The second kappa shape index (κ2) is 6.75.